The Labute approximate surface area is 129 Å². The van der Waals surface area contributed by atoms with E-state index in [0.29, 0.717) is 0 Å². The molecule has 0 fully saturated rings. The number of esters is 1. The fourth-order valence-electron chi connectivity index (χ4n) is 2.04. The smallest absolute Gasteiger partial charge is 0.359 e. The van der Waals surface area contributed by atoms with Gasteiger partial charge in [-0.3, -0.25) is 4.79 Å². The van der Waals surface area contributed by atoms with Crippen molar-refractivity contribution in [3.8, 4) is 0 Å². The second kappa shape index (κ2) is 6.43. The standard InChI is InChI=1S/C16H19N3O3/c1-5-22-16(21)14-13(15(20)19(4)17-14)10-11-6-8-12(9-7-11)18(2)3/h6-10H,5H2,1-4H3/b13-10-. The molecule has 22 heavy (non-hydrogen) atoms. The predicted octanol–water partition coefficient (Wildman–Crippen LogP) is 1.53. The summed E-state index contributed by atoms with van der Waals surface area (Å²) in [4.78, 5) is 26.0. The van der Waals surface area contributed by atoms with Gasteiger partial charge in [0.2, 0.25) is 0 Å². The Hall–Kier alpha value is -2.63. The highest BCUT2D eigenvalue weighted by atomic mass is 16.5. The number of rotatable bonds is 4. The monoisotopic (exact) mass is 301 g/mol. The van der Waals surface area contributed by atoms with E-state index in [0.717, 1.165) is 16.3 Å². The normalized spacial score (nSPS) is 16.0. The molecule has 1 aliphatic heterocycles. The van der Waals surface area contributed by atoms with Crippen LogP contribution >= 0.6 is 0 Å². The molecule has 1 aliphatic rings. The van der Waals surface area contributed by atoms with Crippen LogP contribution in [0.5, 0.6) is 0 Å². The Balaban J connectivity index is 2.33. The maximum absolute atomic E-state index is 12.1. The Morgan fingerprint density at radius 1 is 1.32 bits per heavy atom. The molecule has 0 atom stereocenters. The van der Waals surface area contributed by atoms with Crippen LogP contribution < -0.4 is 4.90 Å². The maximum atomic E-state index is 12.1. The van der Waals surface area contributed by atoms with Crippen molar-refractivity contribution >= 4 is 29.4 Å². The summed E-state index contributed by atoms with van der Waals surface area (Å²) in [6, 6.07) is 7.65. The molecule has 0 aliphatic carbocycles. The van der Waals surface area contributed by atoms with Gasteiger partial charge >= 0.3 is 5.97 Å². The number of nitrogens with zero attached hydrogens (tertiary/aromatic N) is 3. The molecular formula is C16H19N3O3. The summed E-state index contributed by atoms with van der Waals surface area (Å²) in [7, 11) is 5.42. The molecule has 0 unspecified atom stereocenters. The van der Waals surface area contributed by atoms with Gasteiger partial charge in [0.1, 0.15) is 0 Å². The minimum Gasteiger partial charge on any atom is -0.461 e. The van der Waals surface area contributed by atoms with Gasteiger partial charge in [0.05, 0.1) is 12.2 Å². The van der Waals surface area contributed by atoms with Crippen LogP contribution in [0.2, 0.25) is 0 Å². The van der Waals surface area contributed by atoms with Crippen LogP contribution in [0.1, 0.15) is 12.5 Å². The highest BCUT2D eigenvalue weighted by Gasteiger charge is 2.33. The lowest BCUT2D eigenvalue weighted by molar-refractivity contribution is -0.135. The molecule has 0 N–H and O–H groups in total. The molecule has 0 saturated carbocycles. The van der Waals surface area contributed by atoms with Crippen molar-refractivity contribution in [3.63, 3.8) is 0 Å². The van der Waals surface area contributed by atoms with Crippen molar-refractivity contribution in [1.29, 1.82) is 0 Å². The van der Waals surface area contributed by atoms with Crippen LogP contribution in [0.15, 0.2) is 34.9 Å². The van der Waals surface area contributed by atoms with Crippen LogP contribution in [-0.2, 0) is 14.3 Å². The molecule has 6 nitrogen and oxygen atoms in total. The Kier molecular flexibility index (Phi) is 4.60. The minimum absolute atomic E-state index is 0.0473. The highest BCUT2D eigenvalue weighted by Crippen LogP contribution is 2.20. The van der Waals surface area contributed by atoms with Crippen molar-refractivity contribution in [2.45, 2.75) is 6.92 Å². The van der Waals surface area contributed by atoms with Crippen molar-refractivity contribution in [3.05, 3.63) is 35.4 Å². The van der Waals surface area contributed by atoms with Crippen molar-refractivity contribution in [1.82, 2.24) is 5.01 Å². The first-order valence-corrected chi connectivity index (χ1v) is 6.97. The summed E-state index contributed by atoms with van der Waals surface area (Å²) in [5, 5.41) is 5.11. The van der Waals surface area contributed by atoms with Crippen LogP contribution in [-0.4, -0.2) is 50.3 Å². The van der Waals surface area contributed by atoms with E-state index >= 15 is 0 Å². The van der Waals surface area contributed by atoms with E-state index in [2.05, 4.69) is 5.10 Å². The van der Waals surface area contributed by atoms with E-state index < -0.39 is 5.97 Å². The second-order valence-corrected chi connectivity index (χ2v) is 5.04. The first-order chi connectivity index (χ1) is 10.4. The topological polar surface area (TPSA) is 62.2 Å². The molecule has 0 spiro atoms. The van der Waals surface area contributed by atoms with Gasteiger partial charge in [0.25, 0.3) is 5.91 Å². The Morgan fingerprint density at radius 3 is 2.50 bits per heavy atom. The van der Waals surface area contributed by atoms with E-state index in [4.69, 9.17) is 4.74 Å². The summed E-state index contributed by atoms with van der Waals surface area (Å²) in [5.41, 5.74) is 2.17. The van der Waals surface area contributed by atoms with Gasteiger partial charge in [-0.15, -0.1) is 0 Å². The number of amides is 1. The summed E-state index contributed by atoms with van der Waals surface area (Å²) < 4.78 is 4.94. The third-order valence-electron chi connectivity index (χ3n) is 3.22. The summed E-state index contributed by atoms with van der Waals surface area (Å²) in [5.74, 6) is -0.906. The first-order valence-electron chi connectivity index (χ1n) is 6.97. The number of carbonyl (C=O) groups is 2. The molecule has 0 aromatic heterocycles. The lowest BCUT2D eigenvalue weighted by atomic mass is 10.1. The second-order valence-electron chi connectivity index (χ2n) is 5.04. The largest absolute Gasteiger partial charge is 0.461 e. The highest BCUT2D eigenvalue weighted by molar-refractivity contribution is 6.52. The Morgan fingerprint density at radius 2 is 1.95 bits per heavy atom. The molecule has 0 radical (unpaired) electrons. The van der Waals surface area contributed by atoms with E-state index in [1.165, 1.54) is 7.05 Å². The van der Waals surface area contributed by atoms with Gasteiger partial charge in [-0.25, -0.2) is 9.80 Å². The van der Waals surface area contributed by atoms with E-state index in [1.54, 1.807) is 13.0 Å². The molecule has 6 heteroatoms. The fourth-order valence-corrected chi connectivity index (χ4v) is 2.04. The number of likely N-dealkylation sites (N-methyl/N-ethyl adjacent to an activating group) is 1. The summed E-state index contributed by atoms with van der Waals surface area (Å²) in [6.45, 7) is 1.95. The van der Waals surface area contributed by atoms with Crippen LogP contribution in [0.4, 0.5) is 5.69 Å². The average Bonchev–Trinajstić information content (AvgIpc) is 2.76. The van der Waals surface area contributed by atoms with Gasteiger partial charge in [0, 0.05) is 26.8 Å². The minimum atomic E-state index is -0.587. The molecule has 116 valence electrons. The molecule has 1 aromatic carbocycles. The number of anilines is 1. The zero-order valence-electron chi connectivity index (χ0n) is 13.2. The quantitative estimate of drug-likeness (QED) is 0.625. The summed E-state index contributed by atoms with van der Waals surface area (Å²) >= 11 is 0. The fraction of sp³-hybridized carbons (Fsp3) is 0.312. The third kappa shape index (κ3) is 3.16. The molecule has 0 bridgehead atoms. The van der Waals surface area contributed by atoms with Crippen LogP contribution in [0, 0.1) is 0 Å². The summed E-state index contributed by atoms with van der Waals surface area (Å²) in [6.07, 6.45) is 1.65. The number of hydrogen-bond donors (Lipinski definition) is 0. The van der Waals surface area contributed by atoms with Crippen LogP contribution in [0.25, 0.3) is 6.08 Å². The SMILES string of the molecule is CCOC(=O)C1=NN(C)C(=O)/C1=C\c1ccc(N(C)C)cc1. The average molecular weight is 301 g/mol. The predicted molar refractivity (Wildman–Crippen MR) is 85.6 cm³/mol. The molecule has 1 aromatic rings. The zero-order chi connectivity index (χ0) is 16.3. The lowest BCUT2D eigenvalue weighted by Crippen LogP contribution is -2.21. The number of carbonyl (C=O) groups excluding carboxylic acids is 2. The zero-order valence-corrected chi connectivity index (χ0v) is 13.2. The number of hydrazone groups is 1. The van der Waals surface area contributed by atoms with Gasteiger partial charge in [-0.05, 0) is 30.7 Å². The molecular weight excluding hydrogens is 282 g/mol. The number of ether oxygens (including phenoxy) is 1. The number of benzene rings is 1. The van der Waals surface area contributed by atoms with Crippen molar-refractivity contribution in [2.75, 3.05) is 32.6 Å². The van der Waals surface area contributed by atoms with Gasteiger partial charge < -0.3 is 9.64 Å². The van der Waals surface area contributed by atoms with E-state index in [1.807, 2.05) is 43.3 Å². The van der Waals surface area contributed by atoms with E-state index in [9.17, 15) is 9.59 Å². The Bertz CT molecular complexity index is 645. The van der Waals surface area contributed by atoms with Gasteiger partial charge in [-0.1, -0.05) is 12.1 Å². The van der Waals surface area contributed by atoms with E-state index in [-0.39, 0.29) is 23.8 Å². The van der Waals surface area contributed by atoms with Crippen molar-refractivity contribution in [2.24, 2.45) is 5.10 Å². The van der Waals surface area contributed by atoms with Crippen molar-refractivity contribution < 1.29 is 14.3 Å². The van der Waals surface area contributed by atoms with Gasteiger partial charge in [0.15, 0.2) is 5.71 Å². The molecule has 1 heterocycles. The van der Waals surface area contributed by atoms with Crippen LogP contribution in [0.3, 0.4) is 0 Å². The molecule has 0 saturated heterocycles. The molecule has 1 amide bonds. The maximum Gasteiger partial charge on any atom is 0.359 e. The lowest BCUT2D eigenvalue weighted by Gasteiger charge is -2.12. The first kappa shape index (κ1) is 15.8. The molecule has 2 rings (SSSR count). The number of hydrogen-bond acceptors (Lipinski definition) is 5. The van der Waals surface area contributed by atoms with Gasteiger partial charge in [-0.2, -0.15) is 5.10 Å². The third-order valence-corrected chi connectivity index (χ3v) is 3.22.